The third kappa shape index (κ3) is 8.37. The van der Waals surface area contributed by atoms with E-state index in [1.807, 2.05) is 6.07 Å². The number of sulfonamides is 1. The summed E-state index contributed by atoms with van der Waals surface area (Å²) in [6, 6.07) is 13.9. The summed E-state index contributed by atoms with van der Waals surface area (Å²) in [7, 11) is -3.75. The number of ether oxygens (including phenoxy) is 2. The van der Waals surface area contributed by atoms with Crippen LogP contribution in [0.5, 0.6) is 11.5 Å². The van der Waals surface area contributed by atoms with Crippen LogP contribution in [0.4, 0.5) is 5.69 Å². The van der Waals surface area contributed by atoms with Gasteiger partial charge < -0.3 is 14.8 Å². The molecule has 2 N–H and O–H groups in total. The lowest BCUT2D eigenvalue weighted by molar-refractivity contribution is -0.133. The van der Waals surface area contributed by atoms with Crippen molar-refractivity contribution < 1.29 is 22.7 Å². The first-order chi connectivity index (χ1) is 16.0. The van der Waals surface area contributed by atoms with Crippen LogP contribution in [-0.4, -0.2) is 34.1 Å². The van der Waals surface area contributed by atoms with Crippen molar-refractivity contribution >= 4 is 21.7 Å². The van der Waals surface area contributed by atoms with E-state index in [4.69, 9.17) is 9.47 Å². The van der Waals surface area contributed by atoms with Crippen LogP contribution in [0.2, 0.25) is 0 Å². The Bertz CT molecular complexity index is 989. The predicted molar refractivity (Wildman–Crippen MR) is 130 cm³/mol. The van der Waals surface area contributed by atoms with E-state index in [-0.39, 0.29) is 23.6 Å². The fourth-order valence-electron chi connectivity index (χ4n) is 3.88. The molecule has 0 bridgehead atoms. The summed E-state index contributed by atoms with van der Waals surface area (Å²) in [4.78, 5) is 11.9. The number of carbonyl (C=O) groups is 1. The van der Waals surface area contributed by atoms with Gasteiger partial charge in [0, 0.05) is 6.42 Å². The van der Waals surface area contributed by atoms with Gasteiger partial charge in [0.2, 0.25) is 10.0 Å². The summed E-state index contributed by atoms with van der Waals surface area (Å²) >= 11 is 0. The molecule has 180 valence electrons. The van der Waals surface area contributed by atoms with Crippen molar-refractivity contribution in [3.8, 4) is 11.5 Å². The molecule has 2 aromatic rings. The topological polar surface area (TPSA) is 93.7 Å². The average Bonchev–Trinajstić information content (AvgIpc) is 2.81. The first-order valence-electron chi connectivity index (χ1n) is 11.7. The third-order valence-electron chi connectivity index (χ3n) is 5.68. The number of nitrogens with one attached hydrogen (secondary N) is 2. The Kier molecular flexibility index (Phi) is 9.57. The van der Waals surface area contributed by atoms with Crippen LogP contribution in [0.25, 0.3) is 0 Å². The van der Waals surface area contributed by atoms with E-state index in [0.29, 0.717) is 17.9 Å². The summed E-state index contributed by atoms with van der Waals surface area (Å²) in [5, 5.41) is 3.38. The summed E-state index contributed by atoms with van der Waals surface area (Å²) in [5.74, 6) is 0.626. The second kappa shape index (κ2) is 12.6. The molecule has 0 atom stereocenters. The third-order valence-corrected chi connectivity index (χ3v) is 6.91. The lowest BCUT2D eigenvalue weighted by atomic mass is 9.93. The van der Waals surface area contributed by atoms with Gasteiger partial charge in [0.05, 0.1) is 12.4 Å². The standard InChI is InChI=1S/C25H34N2O5S/c1-2-24(28)32-23-13-8-12-22(31-18-7-6-9-20-14-16-26-17-15-20)25(23)27-33(29,30)19-21-10-4-3-5-11-21/h3-5,8,10-13,20,26-27H,2,6-7,9,14-19H2,1H3. The van der Waals surface area contributed by atoms with E-state index in [1.165, 1.54) is 19.3 Å². The van der Waals surface area contributed by atoms with E-state index < -0.39 is 16.0 Å². The number of rotatable bonds is 12. The maximum atomic E-state index is 12.9. The monoisotopic (exact) mass is 474 g/mol. The number of piperidine rings is 1. The van der Waals surface area contributed by atoms with Gasteiger partial charge in [0.25, 0.3) is 0 Å². The summed E-state index contributed by atoms with van der Waals surface area (Å²) in [5.41, 5.74) is 0.821. The molecular weight excluding hydrogens is 440 g/mol. The van der Waals surface area contributed by atoms with E-state index in [1.54, 1.807) is 49.4 Å². The second-order valence-corrected chi connectivity index (χ2v) is 10.1. The van der Waals surface area contributed by atoms with Crippen molar-refractivity contribution in [2.24, 2.45) is 5.92 Å². The predicted octanol–water partition coefficient (Wildman–Crippen LogP) is 4.49. The Morgan fingerprint density at radius 3 is 2.48 bits per heavy atom. The van der Waals surface area contributed by atoms with Gasteiger partial charge in [-0.2, -0.15) is 0 Å². The highest BCUT2D eigenvalue weighted by Crippen LogP contribution is 2.36. The van der Waals surface area contributed by atoms with Crippen molar-refractivity contribution in [3.63, 3.8) is 0 Å². The van der Waals surface area contributed by atoms with Crippen LogP contribution in [-0.2, 0) is 20.6 Å². The number of esters is 1. The molecule has 0 amide bonds. The van der Waals surface area contributed by atoms with E-state index in [0.717, 1.165) is 31.8 Å². The zero-order valence-electron chi connectivity index (χ0n) is 19.2. The van der Waals surface area contributed by atoms with Gasteiger partial charge in [-0.15, -0.1) is 0 Å². The van der Waals surface area contributed by atoms with Gasteiger partial charge in [0.1, 0.15) is 11.4 Å². The summed E-state index contributed by atoms with van der Waals surface area (Å²) in [6.07, 6.45) is 5.73. The van der Waals surface area contributed by atoms with Crippen molar-refractivity contribution in [1.29, 1.82) is 0 Å². The van der Waals surface area contributed by atoms with Gasteiger partial charge in [0.15, 0.2) is 5.75 Å². The number of unbranched alkanes of at least 4 members (excludes halogenated alkanes) is 1. The normalized spacial score (nSPS) is 14.6. The Morgan fingerprint density at radius 1 is 1.03 bits per heavy atom. The number of hydrogen-bond donors (Lipinski definition) is 2. The molecule has 1 fully saturated rings. The molecule has 3 rings (SSSR count). The van der Waals surface area contributed by atoms with Crippen molar-refractivity contribution in [3.05, 3.63) is 54.1 Å². The van der Waals surface area contributed by atoms with Crippen LogP contribution in [0.15, 0.2) is 48.5 Å². The molecule has 0 aromatic heterocycles. The van der Waals surface area contributed by atoms with Gasteiger partial charge in [-0.05, 0) is 62.4 Å². The molecular formula is C25H34N2O5S. The molecule has 1 aliphatic rings. The lowest BCUT2D eigenvalue weighted by Gasteiger charge is -2.22. The maximum Gasteiger partial charge on any atom is 0.310 e. The van der Waals surface area contributed by atoms with Crippen LogP contribution in [0.1, 0.15) is 51.0 Å². The molecule has 8 heteroatoms. The Labute approximate surface area is 196 Å². The molecule has 2 aromatic carbocycles. The molecule has 7 nitrogen and oxygen atoms in total. The number of para-hydroxylation sites is 1. The highest BCUT2D eigenvalue weighted by molar-refractivity contribution is 7.91. The van der Waals surface area contributed by atoms with Gasteiger partial charge in [-0.3, -0.25) is 9.52 Å². The van der Waals surface area contributed by atoms with E-state index in [9.17, 15) is 13.2 Å². The zero-order valence-corrected chi connectivity index (χ0v) is 20.0. The van der Waals surface area contributed by atoms with Gasteiger partial charge in [-0.1, -0.05) is 49.7 Å². The Morgan fingerprint density at radius 2 is 1.76 bits per heavy atom. The summed E-state index contributed by atoms with van der Waals surface area (Å²) < 4.78 is 39.7. The van der Waals surface area contributed by atoms with Crippen LogP contribution in [0, 0.1) is 5.92 Å². The van der Waals surface area contributed by atoms with Gasteiger partial charge >= 0.3 is 5.97 Å². The fraction of sp³-hybridized carbons (Fsp3) is 0.480. The molecule has 0 unspecified atom stereocenters. The molecule has 0 radical (unpaired) electrons. The quantitative estimate of drug-likeness (QED) is 0.267. The average molecular weight is 475 g/mol. The SMILES string of the molecule is CCC(=O)Oc1cccc(OCCCCC2CCNCC2)c1NS(=O)(=O)Cc1ccccc1. The molecule has 1 saturated heterocycles. The zero-order chi connectivity index (χ0) is 23.5. The summed E-state index contributed by atoms with van der Waals surface area (Å²) in [6.45, 7) is 4.34. The van der Waals surface area contributed by atoms with Crippen LogP contribution >= 0.6 is 0 Å². The smallest absolute Gasteiger partial charge is 0.310 e. The minimum Gasteiger partial charge on any atom is -0.491 e. The molecule has 0 spiro atoms. The molecule has 0 saturated carbocycles. The maximum absolute atomic E-state index is 12.9. The minimum absolute atomic E-state index is 0.144. The van der Waals surface area contributed by atoms with Crippen LogP contribution < -0.4 is 19.5 Å². The van der Waals surface area contributed by atoms with Crippen LogP contribution in [0.3, 0.4) is 0 Å². The molecule has 1 heterocycles. The number of hydrogen-bond acceptors (Lipinski definition) is 6. The highest BCUT2D eigenvalue weighted by atomic mass is 32.2. The van der Waals surface area contributed by atoms with Crippen molar-refractivity contribution in [2.75, 3.05) is 24.4 Å². The van der Waals surface area contributed by atoms with Crippen molar-refractivity contribution in [1.82, 2.24) is 5.32 Å². The van der Waals surface area contributed by atoms with E-state index >= 15 is 0 Å². The Hall–Kier alpha value is -2.58. The number of benzene rings is 2. The van der Waals surface area contributed by atoms with Gasteiger partial charge in [-0.25, -0.2) is 8.42 Å². The first-order valence-corrected chi connectivity index (χ1v) is 13.3. The van der Waals surface area contributed by atoms with Crippen molar-refractivity contribution in [2.45, 2.75) is 51.2 Å². The fourth-order valence-corrected chi connectivity index (χ4v) is 5.10. The molecule has 1 aliphatic heterocycles. The number of anilines is 1. The molecule has 33 heavy (non-hydrogen) atoms. The second-order valence-electron chi connectivity index (χ2n) is 8.34. The van der Waals surface area contributed by atoms with E-state index in [2.05, 4.69) is 10.0 Å². The lowest BCUT2D eigenvalue weighted by Crippen LogP contribution is -2.27. The highest BCUT2D eigenvalue weighted by Gasteiger charge is 2.20. The Balaban J connectivity index is 1.67. The number of carbonyl (C=O) groups excluding carboxylic acids is 1. The minimum atomic E-state index is -3.75. The largest absolute Gasteiger partial charge is 0.491 e. The molecule has 0 aliphatic carbocycles. The first kappa shape index (κ1) is 25.1.